The van der Waals surface area contributed by atoms with Crippen LogP contribution >= 0.6 is 0 Å². The predicted octanol–water partition coefficient (Wildman–Crippen LogP) is 0.882. The van der Waals surface area contributed by atoms with Crippen molar-refractivity contribution >= 4 is 88.6 Å². The maximum Gasteiger partial charge on any atom is 0.245 e. The van der Waals surface area contributed by atoms with Crippen LogP contribution in [0.3, 0.4) is 0 Å². The van der Waals surface area contributed by atoms with Gasteiger partial charge in [0.05, 0.1) is 0 Å². The summed E-state index contributed by atoms with van der Waals surface area (Å²) in [5.41, 5.74) is 40.7. The fraction of sp³-hybridized carbons (Fsp3) is 0.824. The summed E-state index contributed by atoms with van der Waals surface area (Å²) in [5.74, 6) is -11.2. The third kappa shape index (κ3) is 45.7. The molecule has 1 rings (SSSR count). The molecule has 0 aromatic carbocycles. The Bertz CT molecular complexity index is 3180. The van der Waals surface area contributed by atoms with E-state index in [1.165, 1.54) is 11.8 Å². The van der Waals surface area contributed by atoms with Crippen LogP contribution < -0.4 is 109 Å². The van der Waals surface area contributed by atoms with Crippen molar-refractivity contribution in [3.05, 3.63) is 0 Å². The summed E-state index contributed by atoms with van der Waals surface area (Å²) in [5, 5.41) is 36.6. The minimum absolute atomic E-state index is 0.0472. The van der Waals surface area contributed by atoms with Gasteiger partial charge in [-0.2, -0.15) is 0 Å². The maximum atomic E-state index is 15.1. The van der Waals surface area contributed by atoms with Crippen LogP contribution in [0.25, 0.3) is 0 Å². The van der Waals surface area contributed by atoms with E-state index in [9.17, 15) is 67.1 Å². The highest BCUT2D eigenvalue weighted by Crippen LogP contribution is 2.23. The zero-order chi connectivity index (χ0) is 91.6. The van der Waals surface area contributed by atoms with Crippen LogP contribution in [0.4, 0.5) is 0 Å². The molecule has 0 unspecified atom stereocenters. The van der Waals surface area contributed by atoms with E-state index >= 15 is 4.79 Å². The molecule has 1 fully saturated rings. The molecular formula is C85H161N21O15. The first-order chi connectivity index (χ1) is 57.1. The highest BCUT2D eigenvalue weighted by atomic mass is 16.2. The molecule has 1 aliphatic heterocycles. The number of nitrogens with one attached hydrogen (secondary N) is 13. The first kappa shape index (κ1) is 111. The number of amides is 15. The topological polar surface area (TPSA) is 598 Å². The van der Waals surface area contributed by atoms with E-state index in [-0.39, 0.29) is 164 Å². The molecule has 0 aromatic heterocycles. The molecule has 1 saturated heterocycles. The minimum atomic E-state index is -1.30. The van der Waals surface area contributed by atoms with Crippen molar-refractivity contribution in [3.63, 3.8) is 0 Å². The summed E-state index contributed by atoms with van der Waals surface area (Å²) >= 11 is 0. The Morgan fingerprint density at radius 2 is 0.455 bits per heavy atom. The van der Waals surface area contributed by atoms with Gasteiger partial charge in [0.2, 0.25) is 88.6 Å². The fourth-order valence-corrected chi connectivity index (χ4v) is 14.5. The van der Waals surface area contributed by atoms with E-state index in [0.717, 1.165) is 0 Å². The van der Waals surface area contributed by atoms with Gasteiger partial charge in [0.25, 0.3) is 0 Å². The third-order valence-corrected chi connectivity index (χ3v) is 20.8. The molecule has 36 heteroatoms. The highest BCUT2D eigenvalue weighted by Gasteiger charge is 2.42. The second-order valence-corrected chi connectivity index (χ2v) is 35.7. The monoisotopic (exact) mass is 1720 g/mol. The quantitative estimate of drug-likeness (QED) is 0.0376. The summed E-state index contributed by atoms with van der Waals surface area (Å²) in [6, 6.07) is -16.5. The van der Waals surface area contributed by atoms with Gasteiger partial charge in [0.1, 0.15) is 84.6 Å². The van der Waals surface area contributed by atoms with E-state index in [1.807, 2.05) is 96.9 Å². The van der Waals surface area contributed by atoms with E-state index in [4.69, 9.17) is 40.1 Å². The Morgan fingerprint density at radius 3 is 0.678 bits per heavy atom. The number of likely N-dealkylation sites (tertiary alicyclic amines) is 1. The Balaban J connectivity index is 3.74. The minimum Gasteiger partial charge on any atom is -0.368 e. The van der Waals surface area contributed by atoms with Gasteiger partial charge in [-0.1, -0.05) is 96.9 Å². The molecule has 15 amide bonds. The van der Waals surface area contributed by atoms with Crippen molar-refractivity contribution in [1.29, 1.82) is 0 Å². The lowest BCUT2D eigenvalue weighted by Gasteiger charge is -2.32. The summed E-state index contributed by atoms with van der Waals surface area (Å²) in [6.07, 6.45) is 7.80. The van der Waals surface area contributed by atoms with E-state index < -0.39 is 173 Å². The lowest BCUT2D eigenvalue weighted by atomic mass is 9.98. The molecule has 121 heavy (non-hydrogen) atoms. The molecule has 0 saturated carbocycles. The summed E-state index contributed by atoms with van der Waals surface area (Å²) in [6.45, 7) is 29.1. The molecule has 0 aliphatic carbocycles. The van der Waals surface area contributed by atoms with Gasteiger partial charge in [-0.15, -0.1) is 0 Å². The second kappa shape index (κ2) is 61.2. The highest BCUT2D eigenvalue weighted by molar-refractivity contribution is 6.00. The third-order valence-electron chi connectivity index (χ3n) is 20.8. The fourth-order valence-electron chi connectivity index (χ4n) is 14.5. The average molecular weight is 1720 g/mol. The first-order valence-corrected chi connectivity index (χ1v) is 44.8. The zero-order valence-electron chi connectivity index (χ0n) is 75.8. The summed E-state index contributed by atoms with van der Waals surface area (Å²) < 4.78 is 0. The lowest BCUT2D eigenvalue weighted by Crippen LogP contribution is -2.61. The molecule has 27 N–H and O–H groups in total. The number of nitrogens with two attached hydrogens (primary N) is 7. The van der Waals surface area contributed by atoms with Crippen molar-refractivity contribution in [2.45, 2.75) is 362 Å². The van der Waals surface area contributed by atoms with Gasteiger partial charge in [-0.3, -0.25) is 71.9 Å². The van der Waals surface area contributed by atoms with Crippen LogP contribution in [-0.4, -0.2) is 224 Å². The summed E-state index contributed by atoms with van der Waals surface area (Å²) in [7, 11) is 0. The van der Waals surface area contributed by atoms with Gasteiger partial charge < -0.3 is 114 Å². The number of carbonyl (C=O) groups is 15. The lowest BCUT2D eigenvalue weighted by molar-refractivity contribution is -0.143. The molecular weight excluding hydrogens is 1560 g/mol. The zero-order valence-corrected chi connectivity index (χ0v) is 75.8. The molecule has 696 valence electrons. The van der Waals surface area contributed by atoms with Gasteiger partial charge in [0.15, 0.2) is 0 Å². The molecule has 36 nitrogen and oxygen atoms in total. The van der Waals surface area contributed by atoms with Crippen molar-refractivity contribution in [2.24, 2.45) is 81.6 Å². The largest absolute Gasteiger partial charge is 0.368 e. The number of rotatable bonds is 65. The van der Waals surface area contributed by atoms with Gasteiger partial charge >= 0.3 is 0 Å². The Hall–Kier alpha value is -8.19. The Morgan fingerprint density at radius 1 is 0.264 bits per heavy atom. The molecule has 0 radical (unpaired) electrons. The number of carbonyl (C=O) groups excluding carboxylic acids is 15. The van der Waals surface area contributed by atoms with Crippen molar-refractivity contribution in [3.8, 4) is 0 Å². The van der Waals surface area contributed by atoms with Crippen LogP contribution in [0.1, 0.15) is 277 Å². The molecule has 14 atom stereocenters. The second-order valence-electron chi connectivity index (χ2n) is 35.7. The Labute approximate surface area is 720 Å². The summed E-state index contributed by atoms with van der Waals surface area (Å²) in [4.78, 5) is 215. The van der Waals surface area contributed by atoms with E-state index in [0.29, 0.717) is 96.6 Å². The van der Waals surface area contributed by atoms with Crippen LogP contribution in [0.5, 0.6) is 0 Å². The average Bonchev–Trinajstić information content (AvgIpc) is 1.70. The van der Waals surface area contributed by atoms with Crippen molar-refractivity contribution < 1.29 is 71.9 Å². The SMILES string of the molecule is CC(=O)N[C@@H](CCCCN)C(=O)N[C@@H](CC(C)C)C(=O)N[C@@H](CC(C)C)C(=O)N[C@@H](CCCCN)C(=O)N[C@@H](CC(C)C)C(=O)N[C@@H](CC(C)C)C(=O)N[C@@H](CCCCN)C(=O)N[C@@H](CCCCN)C(=O)N1CCC[C@H]1C(=O)N[C@@H](CC(C)C)C(=O)N[C@@H](CCCCN)C(=O)N[C@@H](CC(C)C)C(=O)N[C@@H](CC(C)C)C(=O)N[C@@H](CCCCN)C(N)=O. The van der Waals surface area contributed by atoms with Gasteiger partial charge in [-0.25, -0.2) is 0 Å². The number of nitrogens with zero attached hydrogens (tertiary/aromatic N) is 1. The van der Waals surface area contributed by atoms with Crippen molar-refractivity contribution in [1.82, 2.24) is 74.0 Å². The molecule has 0 spiro atoms. The van der Waals surface area contributed by atoms with Crippen LogP contribution in [0.2, 0.25) is 0 Å². The standard InChI is InChI=1S/C85H161N21O15/c1-50(2)43-64(77(113)94-58(72(92)108)29-16-22-36-86)102-82(118)68(47-54(9)10)100-76(112)62(33-20-26-40-90)97-80(116)70(49-56(13)14)105-84(120)71-35-28-42-106(71)85(121)63(34-21-27-41-91)98-74(110)60(31-18-24-38-88)95-78(114)65(44-51(3)4)104-83(119)69(48-55(11)12)101-75(111)61(32-19-25-39-89)96-79(115)66(45-52(5)6)103-81(117)67(46-53(7)8)99-73(109)59(93-57(15)107)30-17-23-37-87/h50-56,58-71H,16-49,86-91H2,1-15H3,(H2,92,108)(H,93,107)(H,94,113)(H,95,114)(H,96,115)(H,97,116)(H,98,110)(H,99,109)(H,100,112)(H,101,111)(H,102,118)(H,103,117)(H,104,119)(H,105,120)/t58-,59-,60-,61-,62-,63-,64-,65-,66-,67-,68-,69-,70-,71-/m0/s1. The first-order valence-electron chi connectivity index (χ1n) is 44.8. The molecule has 1 aliphatic rings. The molecule has 1 heterocycles. The van der Waals surface area contributed by atoms with E-state index in [2.05, 4.69) is 69.1 Å². The number of primary amides is 1. The van der Waals surface area contributed by atoms with Gasteiger partial charge in [0, 0.05) is 13.5 Å². The Kier molecular flexibility index (Phi) is 56.0. The number of unbranched alkanes of at least 4 members (excludes halogenated alkanes) is 6. The van der Waals surface area contributed by atoms with Crippen molar-refractivity contribution in [2.75, 3.05) is 45.8 Å². The van der Waals surface area contributed by atoms with Crippen LogP contribution in [0.15, 0.2) is 0 Å². The van der Waals surface area contributed by atoms with E-state index in [1.54, 1.807) is 0 Å². The molecule has 0 aromatic rings. The normalized spacial score (nSPS) is 16.1. The predicted molar refractivity (Wildman–Crippen MR) is 468 cm³/mol. The smallest absolute Gasteiger partial charge is 0.245 e. The number of hydrogen-bond donors (Lipinski definition) is 20. The van der Waals surface area contributed by atoms with Crippen LogP contribution in [-0.2, 0) is 71.9 Å². The van der Waals surface area contributed by atoms with Gasteiger partial charge in [-0.05, 0) is 254 Å². The number of hydrogen-bond acceptors (Lipinski definition) is 21. The maximum absolute atomic E-state index is 15.1. The molecule has 0 bridgehead atoms. The van der Waals surface area contributed by atoms with Crippen LogP contribution in [0, 0.1) is 41.4 Å².